The molecule has 0 saturated heterocycles. The number of rotatable bonds is 4. The standard InChI is InChI=1S/C12H20O/c1-3-7-12(13)10(2)11-8-5-4-6-9-11/h11H,2-9H2,1H3. The summed E-state index contributed by atoms with van der Waals surface area (Å²) in [6.07, 6.45) is 7.92. The van der Waals surface area contributed by atoms with E-state index >= 15 is 0 Å². The van der Waals surface area contributed by atoms with E-state index in [1.807, 2.05) is 6.92 Å². The Kier molecular flexibility index (Phi) is 4.20. The van der Waals surface area contributed by atoms with Crippen molar-refractivity contribution in [2.24, 2.45) is 5.92 Å². The zero-order valence-electron chi connectivity index (χ0n) is 8.64. The highest BCUT2D eigenvalue weighted by Gasteiger charge is 2.20. The molecule has 0 unspecified atom stereocenters. The van der Waals surface area contributed by atoms with Crippen LogP contribution in [0.2, 0.25) is 0 Å². The van der Waals surface area contributed by atoms with Gasteiger partial charge in [-0.1, -0.05) is 32.8 Å². The molecule has 0 aromatic carbocycles. The van der Waals surface area contributed by atoms with Gasteiger partial charge in [0.1, 0.15) is 0 Å². The van der Waals surface area contributed by atoms with Gasteiger partial charge in [-0.25, -0.2) is 0 Å². The SMILES string of the molecule is C=C(C(=O)CCC)C1CCCCC1. The van der Waals surface area contributed by atoms with Crippen molar-refractivity contribution in [2.75, 3.05) is 0 Å². The summed E-state index contributed by atoms with van der Waals surface area (Å²) in [4.78, 5) is 11.5. The van der Waals surface area contributed by atoms with E-state index in [-0.39, 0.29) is 0 Å². The monoisotopic (exact) mass is 180 g/mol. The number of hydrogen-bond acceptors (Lipinski definition) is 1. The van der Waals surface area contributed by atoms with Crippen LogP contribution in [0.4, 0.5) is 0 Å². The summed E-state index contributed by atoms with van der Waals surface area (Å²) in [7, 11) is 0. The third kappa shape index (κ3) is 2.98. The first-order chi connectivity index (χ1) is 6.25. The van der Waals surface area contributed by atoms with E-state index in [9.17, 15) is 4.79 Å². The molecule has 1 aliphatic carbocycles. The van der Waals surface area contributed by atoms with Crippen molar-refractivity contribution in [1.29, 1.82) is 0 Å². The van der Waals surface area contributed by atoms with Gasteiger partial charge in [-0.15, -0.1) is 0 Å². The first-order valence-corrected chi connectivity index (χ1v) is 5.47. The number of Topliss-reactive ketones (excluding diaryl/α,β-unsaturated/α-hetero) is 1. The second kappa shape index (κ2) is 5.21. The van der Waals surface area contributed by atoms with Crippen molar-refractivity contribution < 1.29 is 4.79 Å². The predicted molar refractivity (Wildman–Crippen MR) is 55.6 cm³/mol. The van der Waals surface area contributed by atoms with Gasteiger partial charge in [-0.2, -0.15) is 0 Å². The average Bonchev–Trinajstić information content (AvgIpc) is 2.18. The Morgan fingerprint density at radius 2 is 1.92 bits per heavy atom. The van der Waals surface area contributed by atoms with Crippen LogP contribution < -0.4 is 0 Å². The topological polar surface area (TPSA) is 17.1 Å². The van der Waals surface area contributed by atoms with Crippen LogP contribution in [0, 0.1) is 5.92 Å². The first-order valence-electron chi connectivity index (χ1n) is 5.47. The van der Waals surface area contributed by atoms with E-state index in [4.69, 9.17) is 0 Å². The van der Waals surface area contributed by atoms with E-state index in [1.165, 1.54) is 32.1 Å². The fraction of sp³-hybridized carbons (Fsp3) is 0.750. The fourth-order valence-electron chi connectivity index (χ4n) is 2.07. The summed E-state index contributed by atoms with van der Waals surface area (Å²) in [5.41, 5.74) is 0.904. The van der Waals surface area contributed by atoms with Crippen molar-refractivity contribution >= 4 is 5.78 Å². The summed E-state index contributed by atoms with van der Waals surface area (Å²) in [6.45, 7) is 6.00. The largest absolute Gasteiger partial charge is 0.295 e. The van der Waals surface area contributed by atoms with Gasteiger partial charge in [0.15, 0.2) is 5.78 Å². The van der Waals surface area contributed by atoms with Crippen LogP contribution in [0.1, 0.15) is 51.9 Å². The van der Waals surface area contributed by atoms with Crippen LogP contribution in [-0.4, -0.2) is 5.78 Å². The quantitative estimate of drug-likeness (QED) is 0.605. The summed E-state index contributed by atoms with van der Waals surface area (Å²) in [5.74, 6) is 0.808. The van der Waals surface area contributed by atoms with E-state index in [0.29, 0.717) is 18.1 Å². The third-order valence-corrected chi connectivity index (χ3v) is 2.93. The lowest BCUT2D eigenvalue weighted by Gasteiger charge is -2.22. The zero-order valence-corrected chi connectivity index (χ0v) is 8.64. The minimum Gasteiger partial charge on any atom is -0.295 e. The highest BCUT2D eigenvalue weighted by Crippen LogP contribution is 2.29. The van der Waals surface area contributed by atoms with Gasteiger partial charge in [-0.3, -0.25) is 4.79 Å². The number of carbonyl (C=O) groups is 1. The van der Waals surface area contributed by atoms with Gasteiger partial charge in [-0.05, 0) is 30.8 Å². The molecular weight excluding hydrogens is 160 g/mol. The molecule has 74 valence electrons. The maximum atomic E-state index is 11.5. The summed E-state index contributed by atoms with van der Waals surface area (Å²) >= 11 is 0. The van der Waals surface area contributed by atoms with E-state index in [2.05, 4.69) is 6.58 Å². The molecule has 0 aliphatic heterocycles. The Balaban J connectivity index is 2.40. The fourth-order valence-corrected chi connectivity index (χ4v) is 2.07. The Bertz CT molecular complexity index is 187. The molecule has 1 fully saturated rings. The van der Waals surface area contributed by atoms with Crippen LogP contribution in [-0.2, 0) is 4.79 Å². The maximum Gasteiger partial charge on any atom is 0.158 e. The lowest BCUT2D eigenvalue weighted by molar-refractivity contribution is -0.116. The number of allylic oxidation sites excluding steroid dienone is 1. The van der Waals surface area contributed by atoms with Crippen molar-refractivity contribution in [3.05, 3.63) is 12.2 Å². The molecule has 0 spiro atoms. The van der Waals surface area contributed by atoms with Crippen molar-refractivity contribution in [2.45, 2.75) is 51.9 Å². The molecule has 0 aromatic rings. The lowest BCUT2D eigenvalue weighted by atomic mass is 9.82. The van der Waals surface area contributed by atoms with Crippen LogP contribution in [0.5, 0.6) is 0 Å². The molecule has 0 amide bonds. The molecule has 0 heterocycles. The Labute approximate surface area is 81.2 Å². The minimum absolute atomic E-state index is 0.300. The predicted octanol–water partition coefficient (Wildman–Crippen LogP) is 3.49. The van der Waals surface area contributed by atoms with Gasteiger partial charge in [0.25, 0.3) is 0 Å². The van der Waals surface area contributed by atoms with Gasteiger partial charge in [0.05, 0.1) is 0 Å². The highest BCUT2D eigenvalue weighted by atomic mass is 16.1. The smallest absolute Gasteiger partial charge is 0.158 e. The van der Waals surface area contributed by atoms with E-state index < -0.39 is 0 Å². The molecule has 1 saturated carbocycles. The Morgan fingerprint density at radius 1 is 1.31 bits per heavy atom. The van der Waals surface area contributed by atoms with Gasteiger partial charge in [0, 0.05) is 6.42 Å². The normalized spacial score (nSPS) is 18.5. The molecule has 0 N–H and O–H groups in total. The lowest BCUT2D eigenvalue weighted by Crippen LogP contribution is -2.15. The number of hydrogen-bond donors (Lipinski definition) is 0. The molecule has 1 heteroatoms. The van der Waals surface area contributed by atoms with Crippen LogP contribution in [0.25, 0.3) is 0 Å². The summed E-state index contributed by atoms with van der Waals surface area (Å²) in [6, 6.07) is 0. The number of carbonyl (C=O) groups excluding carboxylic acids is 1. The Morgan fingerprint density at radius 3 is 2.46 bits per heavy atom. The van der Waals surface area contributed by atoms with Crippen LogP contribution in [0.15, 0.2) is 12.2 Å². The van der Waals surface area contributed by atoms with Gasteiger partial charge >= 0.3 is 0 Å². The average molecular weight is 180 g/mol. The molecule has 1 nitrogen and oxygen atoms in total. The van der Waals surface area contributed by atoms with Crippen molar-refractivity contribution in [3.8, 4) is 0 Å². The van der Waals surface area contributed by atoms with E-state index in [0.717, 1.165) is 12.0 Å². The zero-order chi connectivity index (χ0) is 9.68. The third-order valence-electron chi connectivity index (χ3n) is 2.93. The number of ketones is 1. The molecule has 0 bridgehead atoms. The molecular formula is C12H20O. The second-order valence-corrected chi connectivity index (χ2v) is 4.03. The molecule has 13 heavy (non-hydrogen) atoms. The summed E-state index contributed by atoms with van der Waals surface area (Å²) < 4.78 is 0. The van der Waals surface area contributed by atoms with E-state index in [1.54, 1.807) is 0 Å². The molecule has 0 radical (unpaired) electrons. The molecule has 0 aromatic heterocycles. The Hall–Kier alpha value is -0.590. The van der Waals surface area contributed by atoms with Gasteiger partial charge < -0.3 is 0 Å². The van der Waals surface area contributed by atoms with Crippen molar-refractivity contribution in [3.63, 3.8) is 0 Å². The summed E-state index contributed by atoms with van der Waals surface area (Å²) in [5, 5.41) is 0. The van der Waals surface area contributed by atoms with Crippen molar-refractivity contribution in [1.82, 2.24) is 0 Å². The highest BCUT2D eigenvalue weighted by molar-refractivity contribution is 5.95. The molecule has 1 rings (SSSR count). The van der Waals surface area contributed by atoms with Crippen LogP contribution in [0.3, 0.4) is 0 Å². The van der Waals surface area contributed by atoms with Crippen LogP contribution >= 0.6 is 0 Å². The first kappa shape index (κ1) is 10.5. The molecule has 0 atom stereocenters. The second-order valence-electron chi connectivity index (χ2n) is 4.03. The van der Waals surface area contributed by atoms with Gasteiger partial charge in [0.2, 0.25) is 0 Å². The maximum absolute atomic E-state index is 11.5. The molecule has 1 aliphatic rings. The minimum atomic E-state index is 0.300.